The number of benzene rings is 1. The zero-order chi connectivity index (χ0) is 22.0. The van der Waals surface area contributed by atoms with Crippen molar-refractivity contribution in [1.29, 1.82) is 0 Å². The first-order valence-electron chi connectivity index (χ1n) is 11.5. The summed E-state index contributed by atoms with van der Waals surface area (Å²) >= 11 is 0. The Morgan fingerprint density at radius 2 is 1.80 bits per heavy atom. The largest absolute Gasteiger partial charge is 0.460 e. The molecule has 30 heavy (non-hydrogen) atoms. The number of rotatable bonds is 10. The smallest absolute Gasteiger partial charge is 0.307 e. The molecule has 2 rings (SSSR count). The summed E-state index contributed by atoms with van der Waals surface area (Å²) in [5.74, 6) is -0.196. The molecule has 1 aromatic rings. The Hall–Kier alpha value is -1.88. The maximum atomic E-state index is 12.8. The standard InChI is InChI=1S/C25H39NO4/c1-25(2,3)30-23(28)17-21(16-10-13-19-11-6-4-7-12-19)24(29)26-18-22(27)20-14-8-5-9-15-20/h5,8-9,14-15,19,21-22,27H,4,6-7,10-13,16-18H2,1-3H3,(H,26,29)/t21-,22?/m1/s1. The maximum Gasteiger partial charge on any atom is 0.307 e. The van der Waals surface area contributed by atoms with Crippen molar-refractivity contribution in [2.24, 2.45) is 11.8 Å². The predicted molar refractivity (Wildman–Crippen MR) is 119 cm³/mol. The lowest BCUT2D eigenvalue weighted by Crippen LogP contribution is -2.36. The van der Waals surface area contributed by atoms with E-state index in [2.05, 4.69) is 5.32 Å². The molecule has 0 aliphatic heterocycles. The molecule has 0 spiro atoms. The van der Waals surface area contributed by atoms with Gasteiger partial charge in [-0.3, -0.25) is 9.59 Å². The number of hydrogen-bond acceptors (Lipinski definition) is 4. The van der Waals surface area contributed by atoms with Gasteiger partial charge in [0.1, 0.15) is 5.60 Å². The molecule has 0 aromatic heterocycles. The summed E-state index contributed by atoms with van der Waals surface area (Å²) in [6.45, 7) is 5.63. The lowest BCUT2D eigenvalue weighted by atomic mass is 9.84. The predicted octanol–water partition coefficient (Wildman–Crippen LogP) is 4.93. The average Bonchev–Trinajstić information content (AvgIpc) is 2.71. The molecule has 1 aliphatic rings. The summed E-state index contributed by atoms with van der Waals surface area (Å²) < 4.78 is 5.44. The number of amides is 1. The molecule has 1 amide bonds. The molecular weight excluding hydrogens is 378 g/mol. The van der Waals surface area contributed by atoms with Crippen LogP contribution in [-0.2, 0) is 14.3 Å². The Morgan fingerprint density at radius 3 is 2.43 bits per heavy atom. The Bertz CT molecular complexity index is 647. The van der Waals surface area contributed by atoms with Gasteiger partial charge in [0.15, 0.2) is 0 Å². The number of ether oxygens (including phenoxy) is 1. The third kappa shape index (κ3) is 9.29. The van der Waals surface area contributed by atoms with Crippen LogP contribution >= 0.6 is 0 Å². The second-order valence-corrected chi connectivity index (χ2v) is 9.59. The van der Waals surface area contributed by atoms with Crippen LogP contribution in [0.2, 0.25) is 0 Å². The molecule has 1 unspecified atom stereocenters. The Morgan fingerprint density at radius 1 is 1.13 bits per heavy atom. The summed E-state index contributed by atoms with van der Waals surface area (Å²) in [4.78, 5) is 25.2. The molecule has 0 heterocycles. The van der Waals surface area contributed by atoms with Crippen LogP contribution in [0.4, 0.5) is 0 Å². The zero-order valence-corrected chi connectivity index (χ0v) is 18.9. The van der Waals surface area contributed by atoms with Crippen LogP contribution in [0.25, 0.3) is 0 Å². The van der Waals surface area contributed by atoms with E-state index in [1.54, 1.807) is 0 Å². The third-order valence-electron chi connectivity index (χ3n) is 5.75. The van der Waals surface area contributed by atoms with Gasteiger partial charge in [-0.2, -0.15) is 0 Å². The van der Waals surface area contributed by atoms with Crippen LogP contribution in [0.15, 0.2) is 30.3 Å². The molecule has 1 aromatic carbocycles. The van der Waals surface area contributed by atoms with Gasteiger partial charge in [-0.1, -0.05) is 75.3 Å². The third-order valence-corrected chi connectivity index (χ3v) is 5.75. The fourth-order valence-electron chi connectivity index (χ4n) is 4.17. The maximum absolute atomic E-state index is 12.8. The number of nitrogens with one attached hydrogen (secondary N) is 1. The first kappa shape index (κ1) is 24.4. The van der Waals surface area contributed by atoms with Crippen LogP contribution in [0.5, 0.6) is 0 Å². The van der Waals surface area contributed by atoms with E-state index in [1.165, 1.54) is 32.1 Å². The van der Waals surface area contributed by atoms with Gasteiger partial charge >= 0.3 is 5.97 Å². The number of esters is 1. The molecule has 0 bridgehead atoms. The number of aliphatic hydroxyl groups is 1. The molecule has 5 nitrogen and oxygen atoms in total. The molecule has 0 saturated heterocycles. The van der Waals surface area contributed by atoms with Crippen LogP contribution in [0.1, 0.15) is 90.2 Å². The highest BCUT2D eigenvalue weighted by Crippen LogP contribution is 2.29. The minimum Gasteiger partial charge on any atom is -0.460 e. The van der Waals surface area contributed by atoms with Gasteiger partial charge in [-0.05, 0) is 38.7 Å². The minimum absolute atomic E-state index is 0.0786. The number of carbonyl (C=O) groups excluding carboxylic acids is 2. The van der Waals surface area contributed by atoms with Crippen molar-refractivity contribution < 1.29 is 19.4 Å². The van der Waals surface area contributed by atoms with Gasteiger partial charge < -0.3 is 15.2 Å². The highest BCUT2D eigenvalue weighted by molar-refractivity contribution is 5.83. The monoisotopic (exact) mass is 417 g/mol. The van der Waals surface area contributed by atoms with E-state index in [-0.39, 0.29) is 24.8 Å². The van der Waals surface area contributed by atoms with Crippen molar-refractivity contribution in [2.45, 2.75) is 90.3 Å². The van der Waals surface area contributed by atoms with Gasteiger partial charge in [-0.25, -0.2) is 0 Å². The fourth-order valence-corrected chi connectivity index (χ4v) is 4.17. The van der Waals surface area contributed by atoms with E-state index < -0.39 is 17.6 Å². The van der Waals surface area contributed by atoms with Crippen molar-refractivity contribution >= 4 is 11.9 Å². The number of carbonyl (C=O) groups is 2. The van der Waals surface area contributed by atoms with Crippen molar-refractivity contribution in [1.82, 2.24) is 5.32 Å². The minimum atomic E-state index is -0.764. The van der Waals surface area contributed by atoms with Crippen LogP contribution in [-0.4, -0.2) is 29.1 Å². The molecule has 0 radical (unpaired) electrons. The molecule has 1 aliphatic carbocycles. The average molecular weight is 418 g/mol. The van der Waals surface area contributed by atoms with E-state index in [0.29, 0.717) is 6.42 Å². The Labute approximate surface area is 181 Å². The molecule has 2 atom stereocenters. The number of hydrogen-bond donors (Lipinski definition) is 2. The first-order chi connectivity index (χ1) is 14.2. The SMILES string of the molecule is CC(C)(C)OC(=O)C[C@@H](CCCC1CCCCC1)C(=O)NCC(O)c1ccccc1. The summed E-state index contributed by atoms with van der Waals surface area (Å²) in [6.07, 6.45) is 8.56. The Kier molecular flexibility index (Phi) is 9.83. The van der Waals surface area contributed by atoms with Crippen LogP contribution in [0, 0.1) is 11.8 Å². The summed E-state index contributed by atoms with van der Waals surface area (Å²) in [5.41, 5.74) is 0.197. The van der Waals surface area contributed by atoms with Crippen molar-refractivity contribution in [3.63, 3.8) is 0 Å². The molecule has 168 valence electrons. The zero-order valence-electron chi connectivity index (χ0n) is 18.9. The second-order valence-electron chi connectivity index (χ2n) is 9.59. The molecule has 1 saturated carbocycles. The highest BCUT2D eigenvalue weighted by atomic mass is 16.6. The van der Waals surface area contributed by atoms with Gasteiger partial charge in [-0.15, -0.1) is 0 Å². The van der Waals surface area contributed by atoms with E-state index in [9.17, 15) is 14.7 Å². The molecule has 2 N–H and O–H groups in total. The van der Waals surface area contributed by atoms with E-state index in [0.717, 1.165) is 24.3 Å². The van der Waals surface area contributed by atoms with Crippen molar-refractivity contribution in [3.05, 3.63) is 35.9 Å². The van der Waals surface area contributed by atoms with Gasteiger partial charge in [0, 0.05) is 12.5 Å². The molecule has 5 heteroatoms. The van der Waals surface area contributed by atoms with E-state index >= 15 is 0 Å². The lowest BCUT2D eigenvalue weighted by molar-refractivity contribution is -0.157. The summed E-state index contributed by atoms with van der Waals surface area (Å²) in [6, 6.07) is 9.27. The molecule has 1 fully saturated rings. The first-order valence-corrected chi connectivity index (χ1v) is 11.5. The van der Waals surface area contributed by atoms with Crippen molar-refractivity contribution in [3.8, 4) is 0 Å². The fraction of sp³-hybridized carbons (Fsp3) is 0.680. The highest BCUT2D eigenvalue weighted by Gasteiger charge is 2.26. The normalized spacial score (nSPS) is 17.2. The Balaban J connectivity index is 1.88. The van der Waals surface area contributed by atoms with E-state index in [1.807, 2.05) is 51.1 Å². The topological polar surface area (TPSA) is 75.6 Å². The summed E-state index contributed by atoms with van der Waals surface area (Å²) in [5, 5.41) is 13.2. The number of aliphatic hydroxyl groups excluding tert-OH is 1. The van der Waals surface area contributed by atoms with Gasteiger partial charge in [0.2, 0.25) is 5.91 Å². The quantitative estimate of drug-likeness (QED) is 0.529. The van der Waals surface area contributed by atoms with Gasteiger partial charge in [0.25, 0.3) is 0 Å². The molecular formula is C25H39NO4. The van der Waals surface area contributed by atoms with E-state index in [4.69, 9.17) is 4.74 Å². The van der Waals surface area contributed by atoms with Crippen molar-refractivity contribution in [2.75, 3.05) is 6.54 Å². The summed E-state index contributed by atoms with van der Waals surface area (Å²) in [7, 11) is 0. The second kappa shape index (κ2) is 12.1. The lowest BCUT2D eigenvalue weighted by Gasteiger charge is -2.24. The van der Waals surface area contributed by atoms with Gasteiger partial charge in [0.05, 0.1) is 12.5 Å². The van der Waals surface area contributed by atoms with Crippen LogP contribution in [0.3, 0.4) is 0 Å². The van der Waals surface area contributed by atoms with Crippen LogP contribution < -0.4 is 5.32 Å².